The van der Waals surface area contributed by atoms with Gasteiger partial charge in [-0.1, -0.05) is 6.92 Å². The number of hydrogen-bond acceptors (Lipinski definition) is 2. The molecule has 0 aliphatic heterocycles. The lowest BCUT2D eigenvalue weighted by Crippen LogP contribution is -2.24. The van der Waals surface area contributed by atoms with Crippen LogP contribution in [0.1, 0.15) is 42.4 Å². The third-order valence-electron chi connectivity index (χ3n) is 3.63. The highest BCUT2D eigenvalue weighted by atomic mass is 19.1. The van der Waals surface area contributed by atoms with E-state index in [0.29, 0.717) is 17.3 Å². The number of carboxylic acid groups (broad SMARTS) is 1. The van der Waals surface area contributed by atoms with Crippen molar-refractivity contribution < 1.29 is 14.3 Å². The Labute approximate surface area is 115 Å². The van der Waals surface area contributed by atoms with E-state index in [1.54, 1.807) is 0 Å². The van der Waals surface area contributed by atoms with E-state index in [1.165, 1.54) is 29.7 Å². The van der Waals surface area contributed by atoms with Crippen LogP contribution in [0.5, 0.6) is 0 Å². The summed E-state index contributed by atoms with van der Waals surface area (Å²) in [6, 6.07) is 3.69. The molecule has 1 unspecified atom stereocenters. The summed E-state index contributed by atoms with van der Waals surface area (Å²) in [5, 5.41) is 9.73. The van der Waals surface area contributed by atoms with E-state index in [1.807, 2.05) is 13.8 Å². The maximum Gasteiger partial charge on any atom is 0.352 e. The number of carboxylic acids is 1. The Morgan fingerprint density at radius 1 is 1.45 bits per heavy atom. The van der Waals surface area contributed by atoms with E-state index in [9.17, 15) is 19.1 Å². The first-order valence-corrected chi connectivity index (χ1v) is 6.46. The van der Waals surface area contributed by atoms with Crippen molar-refractivity contribution in [2.45, 2.75) is 33.2 Å². The van der Waals surface area contributed by atoms with E-state index in [2.05, 4.69) is 0 Å². The fraction of sp³-hybridized carbons (Fsp3) is 0.333. The van der Waals surface area contributed by atoms with Crippen LogP contribution in [0.25, 0.3) is 10.9 Å². The summed E-state index contributed by atoms with van der Waals surface area (Å²) in [4.78, 5) is 23.7. The molecule has 1 atom stereocenters. The maximum atomic E-state index is 13.5. The van der Waals surface area contributed by atoms with Gasteiger partial charge in [0.25, 0.3) is 0 Å². The van der Waals surface area contributed by atoms with Gasteiger partial charge in [0.05, 0.1) is 5.52 Å². The molecule has 5 heteroatoms. The van der Waals surface area contributed by atoms with Crippen LogP contribution in [0, 0.1) is 12.7 Å². The third kappa shape index (κ3) is 2.09. The molecule has 0 bridgehead atoms. The summed E-state index contributed by atoms with van der Waals surface area (Å²) in [6.45, 7) is 5.25. The predicted octanol–water partition coefficient (Wildman–Crippen LogP) is 3.12. The molecule has 0 radical (unpaired) electrons. The summed E-state index contributed by atoms with van der Waals surface area (Å²) in [5.74, 6) is -1.67. The lowest BCUT2D eigenvalue weighted by Gasteiger charge is -2.22. The fourth-order valence-electron chi connectivity index (χ4n) is 2.41. The molecular weight excluding hydrogens is 261 g/mol. The number of aromatic carboxylic acids is 1. The zero-order chi connectivity index (χ0) is 15.0. The summed E-state index contributed by atoms with van der Waals surface area (Å²) in [6.07, 6.45) is 0.675. The van der Waals surface area contributed by atoms with Gasteiger partial charge in [-0.05, 0) is 38.5 Å². The summed E-state index contributed by atoms with van der Waals surface area (Å²) in [7, 11) is 0. The first kappa shape index (κ1) is 14.2. The van der Waals surface area contributed by atoms with Crippen molar-refractivity contribution in [3.05, 3.63) is 45.5 Å². The van der Waals surface area contributed by atoms with E-state index in [0.717, 1.165) is 0 Å². The molecule has 2 aromatic rings. The van der Waals surface area contributed by atoms with Crippen LogP contribution in [0.15, 0.2) is 23.0 Å². The smallest absolute Gasteiger partial charge is 0.352 e. The Morgan fingerprint density at radius 2 is 2.10 bits per heavy atom. The van der Waals surface area contributed by atoms with E-state index < -0.39 is 11.8 Å². The van der Waals surface area contributed by atoms with Crippen LogP contribution in [0.4, 0.5) is 4.39 Å². The largest absolute Gasteiger partial charge is 0.477 e. The van der Waals surface area contributed by atoms with Crippen molar-refractivity contribution in [2.24, 2.45) is 0 Å². The highest BCUT2D eigenvalue weighted by molar-refractivity contribution is 5.92. The number of rotatable bonds is 3. The standard InChI is InChI=1S/C15H16FNO3/c1-4-8(2)17-12-7-10(16)5-6-11(12)14(18)9(3)13(17)15(19)20/h5-8H,4H2,1-3H3,(H,19,20). The molecule has 0 fully saturated rings. The van der Waals surface area contributed by atoms with Crippen LogP contribution in [-0.4, -0.2) is 15.6 Å². The second-order valence-electron chi connectivity index (χ2n) is 4.90. The van der Waals surface area contributed by atoms with E-state index in [-0.39, 0.29) is 22.7 Å². The first-order valence-electron chi connectivity index (χ1n) is 6.46. The minimum atomic E-state index is -1.17. The van der Waals surface area contributed by atoms with Crippen molar-refractivity contribution in [2.75, 3.05) is 0 Å². The lowest BCUT2D eigenvalue weighted by molar-refractivity contribution is 0.0681. The number of fused-ring (bicyclic) bond motifs is 1. The van der Waals surface area contributed by atoms with Crippen LogP contribution in [0.2, 0.25) is 0 Å². The van der Waals surface area contributed by atoms with Crippen molar-refractivity contribution in [3.63, 3.8) is 0 Å². The van der Waals surface area contributed by atoms with Gasteiger partial charge in [-0.15, -0.1) is 0 Å². The lowest BCUT2D eigenvalue weighted by atomic mass is 10.1. The van der Waals surface area contributed by atoms with Crippen LogP contribution >= 0.6 is 0 Å². The second-order valence-corrected chi connectivity index (χ2v) is 4.90. The Balaban J connectivity index is 3.06. The van der Waals surface area contributed by atoms with Crippen LogP contribution in [-0.2, 0) is 0 Å². The SMILES string of the molecule is CCC(C)n1c(C(=O)O)c(C)c(=O)c2ccc(F)cc21. The Hall–Kier alpha value is -2.17. The van der Waals surface area contributed by atoms with Gasteiger partial charge in [0.1, 0.15) is 11.5 Å². The molecule has 1 aromatic heterocycles. The minimum Gasteiger partial charge on any atom is -0.477 e. The average Bonchev–Trinajstić information content (AvgIpc) is 2.41. The summed E-state index contributed by atoms with van der Waals surface area (Å²) >= 11 is 0. The normalized spacial score (nSPS) is 12.6. The third-order valence-corrected chi connectivity index (χ3v) is 3.63. The number of pyridine rings is 1. The fourth-order valence-corrected chi connectivity index (χ4v) is 2.41. The molecule has 1 aromatic carbocycles. The molecule has 1 heterocycles. The molecule has 4 nitrogen and oxygen atoms in total. The summed E-state index contributed by atoms with van der Waals surface area (Å²) in [5.41, 5.74) is 0.0728. The molecule has 0 aliphatic carbocycles. The highest BCUT2D eigenvalue weighted by Gasteiger charge is 2.21. The molecule has 2 rings (SSSR count). The van der Waals surface area contributed by atoms with Crippen LogP contribution in [0.3, 0.4) is 0 Å². The maximum absolute atomic E-state index is 13.5. The van der Waals surface area contributed by atoms with Crippen molar-refractivity contribution in [3.8, 4) is 0 Å². The molecule has 106 valence electrons. The highest BCUT2D eigenvalue weighted by Crippen LogP contribution is 2.23. The average molecular weight is 277 g/mol. The Bertz CT molecular complexity index is 749. The molecule has 0 amide bonds. The Morgan fingerprint density at radius 3 is 2.65 bits per heavy atom. The number of benzene rings is 1. The van der Waals surface area contributed by atoms with Gasteiger partial charge in [0.2, 0.25) is 0 Å². The van der Waals surface area contributed by atoms with Crippen LogP contribution < -0.4 is 5.43 Å². The number of nitrogens with zero attached hydrogens (tertiary/aromatic N) is 1. The quantitative estimate of drug-likeness (QED) is 0.937. The van der Waals surface area contributed by atoms with Gasteiger partial charge in [0.15, 0.2) is 5.43 Å². The van der Waals surface area contributed by atoms with Gasteiger partial charge in [-0.2, -0.15) is 0 Å². The predicted molar refractivity (Wildman–Crippen MR) is 74.9 cm³/mol. The Kier molecular flexibility index (Phi) is 3.61. The molecule has 0 spiro atoms. The molecule has 0 saturated heterocycles. The second kappa shape index (κ2) is 5.07. The van der Waals surface area contributed by atoms with Crippen molar-refractivity contribution in [1.82, 2.24) is 4.57 Å². The zero-order valence-electron chi connectivity index (χ0n) is 11.6. The molecule has 20 heavy (non-hydrogen) atoms. The minimum absolute atomic E-state index is 0.0672. The molecular formula is C15H16FNO3. The monoisotopic (exact) mass is 277 g/mol. The summed E-state index contributed by atoms with van der Waals surface area (Å²) < 4.78 is 15.0. The number of carbonyl (C=O) groups is 1. The zero-order valence-corrected chi connectivity index (χ0v) is 11.6. The topological polar surface area (TPSA) is 59.3 Å². The van der Waals surface area contributed by atoms with Gasteiger partial charge in [-0.3, -0.25) is 4.79 Å². The van der Waals surface area contributed by atoms with Crippen molar-refractivity contribution >= 4 is 16.9 Å². The first-order chi connectivity index (χ1) is 9.38. The molecule has 0 saturated carbocycles. The number of aromatic nitrogens is 1. The number of halogens is 1. The van der Waals surface area contributed by atoms with Gasteiger partial charge < -0.3 is 9.67 Å². The van der Waals surface area contributed by atoms with E-state index in [4.69, 9.17) is 0 Å². The van der Waals surface area contributed by atoms with E-state index >= 15 is 0 Å². The van der Waals surface area contributed by atoms with Gasteiger partial charge in [-0.25, -0.2) is 9.18 Å². The van der Waals surface area contributed by atoms with Gasteiger partial charge in [0, 0.05) is 17.0 Å². The molecule has 1 N–H and O–H groups in total. The van der Waals surface area contributed by atoms with Gasteiger partial charge >= 0.3 is 5.97 Å². The number of hydrogen-bond donors (Lipinski definition) is 1. The molecule has 0 aliphatic rings. The van der Waals surface area contributed by atoms with Crippen molar-refractivity contribution in [1.29, 1.82) is 0 Å².